The number of hydrogen-bond donors (Lipinski definition) is 4. The van der Waals surface area contributed by atoms with Crippen molar-refractivity contribution >= 4 is 15.9 Å². The third-order valence-electron chi connectivity index (χ3n) is 6.31. The van der Waals surface area contributed by atoms with Gasteiger partial charge in [0, 0.05) is 6.54 Å². The standard InChI is InChI=1S/C23H36FN3O6S/c1-21(2,30)15-33-18-14-16(8-9-17(18)24)23(10-11-23)26-34(31,32)13-7-5-6-12-27-20(29)25-19(28)22(27,3)4/h8-9,14,20,26,29-30H,5-7,10-13,15H2,1-4H3,(H,25,28). The quantitative estimate of drug-likeness (QED) is 0.320. The van der Waals surface area contributed by atoms with Crippen LogP contribution in [0.25, 0.3) is 0 Å². The molecular formula is C23H36FN3O6S. The van der Waals surface area contributed by atoms with Crippen molar-refractivity contribution in [2.24, 2.45) is 0 Å². The van der Waals surface area contributed by atoms with Gasteiger partial charge in [0.25, 0.3) is 0 Å². The summed E-state index contributed by atoms with van der Waals surface area (Å²) in [7, 11) is -3.58. The summed E-state index contributed by atoms with van der Waals surface area (Å²) in [5, 5.41) is 22.3. The second kappa shape index (κ2) is 9.69. The van der Waals surface area contributed by atoms with E-state index in [0.29, 0.717) is 44.2 Å². The van der Waals surface area contributed by atoms with Gasteiger partial charge >= 0.3 is 0 Å². The lowest BCUT2D eigenvalue weighted by Crippen LogP contribution is -2.46. The van der Waals surface area contributed by atoms with Crippen molar-refractivity contribution in [3.05, 3.63) is 29.6 Å². The third-order valence-corrected chi connectivity index (χ3v) is 7.83. The number of sulfonamides is 1. The van der Waals surface area contributed by atoms with Crippen molar-refractivity contribution in [1.82, 2.24) is 14.9 Å². The van der Waals surface area contributed by atoms with Crippen LogP contribution in [-0.2, 0) is 20.4 Å². The molecule has 1 atom stereocenters. The molecule has 0 radical (unpaired) electrons. The monoisotopic (exact) mass is 501 g/mol. The summed E-state index contributed by atoms with van der Waals surface area (Å²) in [6.45, 7) is 6.94. The zero-order valence-corrected chi connectivity index (χ0v) is 21.0. The maximum atomic E-state index is 14.1. The van der Waals surface area contributed by atoms with E-state index in [1.165, 1.54) is 12.1 Å². The average molecular weight is 502 g/mol. The topological polar surface area (TPSA) is 128 Å². The molecule has 1 aromatic carbocycles. The summed E-state index contributed by atoms with van der Waals surface area (Å²) in [6, 6.07) is 4.30. The summed E-state index contributed by atoms with van der Waals surface area (Å²) in [5.41, 5.74) is -2.08. The molecule has 1 amide bonds. The molecule has 11 heteroatoms. The second-order valence-corrected chi connectivity index (χ2v) is 12.3. The van der Waals surface area contributed by atoms with Crippen molar-refractivity contribution in [3.8, 4) is 5.75 Å². The van der Waals surface area contributed by atoms with Crippen LogP contribution in [0.2, 0.25) is 0 Å². The van der Waals surface area contributed by atoms with Gasteiger partial charge in [0.1, 0.15) is 6.61 Å². The number of halogens is 1. The lowest BCUT2D eigenvalue weighted by Gasteiger charge is -2.29. The minimum Gasteiger partial charge on any atom is -0.488 e. The van der Waals surface area contributed by atoms with Crippen LogP contribution in [0.3, 0.4) is 0 Å². The molecule has 0 aromatic heterocycles. The van der Waals surface area contributed by atoms with E-state index in [-0.39, 0.29) is 24.0 Å². The molecule has 2 fully saturated rings. The Morgan fingerprint density at radius 2 is 1.94 bits per heavy atom. The van der Waals surface area contributed by atoms with Crippen molar-refractivity contribution < 1.29 is 32.6 Å². The molecule has 9 nitrogen and oxygen atoms in total. The smallest absolute Gasteiger partial charge is 0.243 e. The number of carbonyl (C=O) groups is 1. The van der Waals surface area contributed by atoms with Gasteiger partial charge in [0.05, 0.1) is 22.4 Å². The maximum absolute atomic E-state index is 14.1. The van der Waals surface area contributed by atoms with Crippen LogP contribution in [0.1, 0.15) is 65.4 Å². The molecule has 1 saturated carbocycles. The van der Waals surface area contributed by atoms with E-state index in [4.69, 9.17) is 4.74 Å². The first-order valence-corrected chi connectivity index (χ1v) is 13.2. The van der Waals surface area contributed by atoms with Crippen molar-refractivity contribution in [3.63, 3.8) is 0 Å². The van der Waals surface area contributed by atoms with Crippen LogP contribution in [0.15, 0.2) is 18.2 Å². The molecule has 1 unspecified atom stereocenters. The maximum Gasteiger partial charge on any atom is 0.243 e. The average Bonchev–Trinajstić information content (AvgIpc) is 3.44. The number of benzene rings is 1. The minimum absolute atomic E-state index is 0.0231. The summed E-state index contributed by atoms with van der Waals surface area (Å²) in [4.78, 5) is 13.5. The number of ether oxygens (including phenoxy) is 1. The van der Waals surface area contributed by atoms with Gasteiger partial charge in [0.2, 0.25) is 15.9 Å². The SMILES string of the molecule is CC(C)(O)COc1cc(C2(NS(=O)(=O)CCCCCN3C(O)NC(=O)C3(C)C)CC2)ccc1F. The Balaban J connectivity index is 1.52. The first kappa shape index (κ1) is 26.8. The molecule has 1 heterocycles. The Kier molecular flexibility index (Phi) is 7.64. The zero-order chi connectivity index (χ0) is 25.4. The van der Waals surface area contributed by atoms with Gasteiger partial charge < -0.3 is 20.3 Å². The molecule has 3 rings (SSSR count). The van der Waals surface area contributed by atoms with Crippen molar-refractivity contribution in [2.45, 2.75) is 82.8 Å². The van der Waals surface area contributed by atoms with E-state index < -0.39 is 38.9 Å². The van der Waals surface area contributed by atoms with E-state index in [1.54, 1.807) is 38.7 Å². The van der Waals surface area contributed by atoms with Gasteiger partial charge in [-0.1, -0.05) is 12.5 Å². The number of carbonyl (C=O) groups excluding carboxylic acids is 1. The van der Waals surface area contributed by atoms with Crippen LogP contribution in [0, 0.1) is 5.82 Å². The van der Waals surface area contributed by atoms with Gasteiger partial charge in [0.15, 0.2) is 17.9 Å². The molecule has 0 spiro atoms. The van der Waals surface area contributed by atoms with Crippen LogP contribution < -0.4 is 14.8 Å². The summed E-state index contributed by atoms with van der Waals surface area (Å²) in [5.74, 6) is -0.892. The molecule has 0 bridgehead atoms. The van der Waals surface area contributed by atoms with Crippen LogP contribution in [0.5, 0.6) is 5.75 Å². The fraction of sp³-hybridized carbons (Fsp3) is 0.696. The van der Waals surface area contributed by atoms with Gasteiger partial charge in [-0.2, -0.15) is 0 Å². The fourth-order valence-electron chi connectivity index (χ4n) is 4.05. The predicted molar refractivity (Wildman–Crippen MR) is 125 cm³/mol. The molecule has 4 N–H and O–H groups in total. The highest BCUT2D eigenvalue weighted by Gasteiger charge is 2.48. The van der Waals surface area contributed by atoms with Crippen molar-refractivity contribution in [2.75, 3.05) is 18.9 Å². The van der Waals surface area contributed by atoms with Crippen LogP contribution in [-0.4, -0.2) is 65.8 Å². The van der Waals surface area contributed by atoms with Crippen LogP contribution in [0.4, 0.5) is 4.39 Å². The largest absolute Gasteiger partial charge is 0.488 e. The first-order chi connectivity index (χ1) is 15.7. The highest BCUT2D eigenvalue weighted by Crippen LogP contribution is 2.47. The number of nitrogens with zero attached hydrogens (tertiary/aromatic N) is 1. The number of amides is 1. The lowest BCUT2D eigenvalue weighted by atomic mass is 10.0. The summed E-state index contributed by atoms with van der Waals surface area (Å²) < 4.78 is 47.8. The normalized spacial score (nSPS) is 22.0. The van der Waals surface area contributed by atoms with Gasteiger partial charge in [-0.3, -0.25) is 4.79 Å². The second-order valence-electron chi connectivity index (χ2n) is 10.4. The zero-order valence-electron chi connectivity index (χ0n) is 20.2. The highest BCUT2D eigenvalue weighted by molar-refractivity contribution is 7.89. The molecular weight excluding hydrogens is 465 g/mol. The number of nitrogens with one attached hydrogen (secondary N) is 2. The lowest BCUT2D eigenvalue weighted by molar-refractivity contribution is -0.125. The Morgan fingerprint density at radius 3 is 2.50 bits per heavy atom. The van der Waals surface area contributed by atoms with E-state index in [0.717, 1.165) is 0 Å². The van der Waals surface area contributed by atoms with Gasteiger partial charge in [-0.15, -0.1) is 0 Å². The summed E-state index contributed by atoms with van der Waals surface area (Å²) >= 11 is 0. The van der Waals surface area contributed by atoms with E-state index >= 15 is 0 Å². The Morgan fingerprint density at radius 1 is 1.26 bits per heavy atom. The Bertz CT molecular complexity index is 1000. The Hall–Kier alpha value is -1.79. The van der Waals surface area contributed by atoms with E-state index in [1.807, 2.05) is 0 Å². The molecule has 1 aliphatic heterocycles. The number of rotatable bonds is 12. The fourth-order valence-corrected chi connectivity index (χ4v) is 5.65. The van der Waals surface area contributed by atoms with Crippen LogP contribution >= 0.6 is 0 Å². The molecule has 192 valence electrons. The Labute approximate surface area is 200 Å². The molecule has 34 heavy (non-hydrogen) atoms. The predicted octanol–water partition coefficient (Wildman–Crippen LogP) is 1.54. The molecule has 1 saturated heterocycles. The van der Waals surface area contributed by atoms with E-state index in [9.17, 15) is 27.8 Å². The molecule has 2 aliphatic rings. The molecule has 1 aliphatic carbocycles. The molecule has 1 aromatic rings. The highest BCUT2D eigenvalue weighted by atomic mass is 32.2. The summed E-state index contributed by atoms with van der Waals surface area (Å²) in [6.07, 6.45) is 1.86. The number of unbranched alkanes of at least 4 members (excludes halogenated alkanes) is 2. The van der Waals surface area contributed by atoms with Crippen molar-refractivity contribution in [1.29, 1.82) is 0 Å². The first-order valence-electron chi connectivity index (χ1n) is 11.6. The number of aliphatic hydroxyl groups excluding tert-OH is 1. The third kappa shape index (κ3) is 6.45. The number of hydrogen-bond acceptors (Lipinski definition) is 7. The minimum atomic E-state index is -3.58. The van der Waals surface area contributed by atoms with E-state index in [2.05, 4.69) is 10.0 Å². The van der Waals surface area contributed by atoms with Gasteiger partial charge in [-0.25, -0.2) is 22.4 Å². The van der Waals surface area contributed by atoms with Gasteiger partial charge in [-0.05, 0) is 71.1 Å². The number of aliphatic hydroxyl groups is 2.